The van der Waals surface area contributed by atoms with Crippen molar-refractivity contribution in [2.45, 2.75) is 18.6 Å². The summed E-state index contributed by atoms with van der Waals surface area (Å²) in [5.41, 5.74) is 5.06. The van der Waals surface area contributed by atoms with Gasteiger partial charge in [-0.05, 0) is 6.92 Å². The van der Waals surface area contributed by atoms with Crippen molar-refractivity contribution in [2.24, 2.45) is 5.73 Å². The molecule has 0 bridgehead atoms. The lowest BCUT2D eigenvalue weighted by Crippen LogP contribution is -2.46. The van der Waals surface area contributed by atoms with E-state index in [0.29, 0.717) is 0 Å². The standard InChI is InChI=1S/C7H11NO/c1-7(8)5-3-2-4-6(7)9/h2-6,9H,8H2,1H3. The van der Waals surface area contributed by atoms with Crippen LogP contribution in [0, 0.1) is 0 Å². The molecular weight excluding hydrogens is 114 g/mol. The highest BCUT2D eigenvalue weighted by atomic mass is 16.3. The summed E-state index contributed by atoms with van der Waals surface area (Å²) >= 11 is 0. The van der Waals surface area contributed by atoms with E-state index in [9.17, 15) is 5.11 Å². The maximum atomic E-state index is 9.17. The summed E-state index contributed by atoms with van der Waals surface area (Å²) in [4.78, 5) is 0. The number of hydrogen-bond acceptors (Lipinski definition) is 2. The molecule has 1 aliphatic carbocycles. The molecule has 0 amide bonds. The van der Waals surface area contributed by atoms with E-state index in [1.807, 2.05) is 6.08 Å². The smallest absolute Gasteiger partial charge is 0.0936 e. The fraction of sp³-hybridized carbons (Fsp3) is 0.429. The zero-order chi connectivity index (χ0) is 6.91. The Morgan fingerprint density at radius 3 is 2.56 bits per heavy atom. The van der Waals surface area contributed by atoms with Gasteiger partial charge in [-0.25, -0.2) is 0 Å². The van der Waals surface area contributed by atoms with Gasteiger partial charge in [-0.2, -0.15) is 0 Å². The highest BCUT2D eigenvalue weighted by Gasteiger charge is 2.23. The molecule has 0 radical (unpaired) electrons. The third-order valence-electron chi connectivity index (χ3n) is 1.50. The molecule has 1 aliphatic rings. The van der Waals surface area contributed by atoms with Crippen molar-refractivity contribution in [3.63, 3.8) is 0 Å². The number of allylic oxidation sites excluding steroid dienone is 2. The molecular formula is C7H11NO. The van der Waals surface area contributed by atoms with E-state index >= 15 is 0 Å². The lowest BCUT2D eigenvalue weighted by molar-refractivity contribution is 0.162. The third kappa shape index (κ3) is 1.20. The van der Waals surface area contributed by atoms with Gasteiger partial charge < -0.3 is 10.8 Å². The Labute approximate surface area is 54.7 Å². The molecule has 0 spiro atoms. The summed E-state index contributed by atoms with van der Waals surface area (Å²) in [6, 6.07) is 0. The Morgan fingerprint density at radius 1 is 1.56 bits per heavy atom. The molecule has 0 aromatic rings. The molecule has 3 N–H and O–H groups in total. The molecule has 2 heteroatoms. The third-order valence-corrected chi connectivity index (χ3v) is 1.50. The van der Waals surface area contributed by atoms with E-state index in [4.69, 9.17) is 5.73 Å². The quantitative estimate of drug-likeness (QED) is 0.485. The maximum absolute atomic E-state index is 9.17. The lowest BCUT2D eigenvalue weighted by atomic mass is 9.92. The highest BCUT2D eigenvalue weighted by molar-refractivity contribution is 5.23. The number of hydrogen-bond donors (Lipinski definition) is 2. The van der Waals surface area contributed by atoms with Crippen LogP contribution in [0.5, 0.6) is 0 Å². The SMILES string of the molecule is CC1(N)C=CC=CC1O. The van der Waals surface area contributed by atoms with Gasteiger partial charge in [-0.3, -0.25) is 0 Å². The fourth-order valence-electron chi connectivity index (χ4n) is 0.738. The highest BCUT2D eigenvalue weighted by Crippen LogP contribution is 2.13. The van der Waals surface area contributed by atoms with Gasteiger partial charge in [0, 0.05) is 0 Å². The molecule has 2 unspecified atom stereocenters. The first-order chi connectivity index (χ1) is 4.13. The van der Waals surface area contributed by atoms with Crippen LogP contribution in [0.4, 0.5) is 0 Å². The van der Waals surface area contributed by atoms with Gasteiger partial charge >= 0.3 is 0 Å². The number of rotatable bonds is 0. The van der Waals surface area contributed by atoms with E-state index in [-0.39, 0.29) is 0 Å². The van der Waals surface area contributed by atoms with Crippen molar-refractivity contribution in [3.8, 4) is 0 Å². The minimum atomic E-state index is -0.575. The van der Waals surface area contributed by atoms with Gasteiger partial charge in [0.05, 0.1) is 11.6 Å². The largest absolute Gasteiger partial charge is 0.387 e. The van der Waals surface area contributed by atoms with Crippen molar-refractivity contribution in [3.05, 3.63) is 24.3 Å². The second-order valence-corrected chi connectivity index (χ2v) is 2.55. The van der Waals surface area contributed by atoms with Gasteiger partial charge in [0.25, 0.3) is 0 Å². The molecule has 1 rings (SSSR count). The van der Waals surface area contributed by atoms with Crippen molar-refractivity contribution in [2.75, 3.05) is 0 Å². The van der Waals surface area contributed by atoms with Gasteiger partial charge in [-0.1, -0.05) is 24.3 Å². The first-order valence-electron chi connectivity index (χ1n) is 2.96. The van der Waals surface area contributed by atoms with Gasteiger partial charge in [0.2, 0.25) is 0 Å². The minimum absolute atomic E-state index is 0.539. The maximum Gasteiger partial charge on any atom is 0.0936 e. The summed E-state index contributed by atoms with van der Waals surface area (Å²) in [7, 11) is 0. The normalized spacial score (nSPS) is 41.4. The Balaban J connectivity index is 2.78. The zero-order valence-electron chi connectivity index (χ0n) is 5.41. The molecule has 50 valence electrons. The van der Waals surface area contributed by atoms with Gasteiger partial charge in [0.1, 0.15) is 0 Å². The van der Waals surface area contributed by atoms with E-state index in [2.05, 4.69) is 0 Å². The van der Waals surface area contributed by atoms with Crippen LogP contribution in [0.2, 0.25) is 0 Å². The molecule has 2 atom stereocenters. The summed E-state index contributed by atoms with van der Waals surface area (Å²) in [5.74, 6) is 0. The van der Waals surface area contributed by atoms with Gasteiger partial charge in [-0.15, -0.1) is 0 Å². The molecule has 0 saturated carbocycles. The average Bonchev–Trinajstić information content (AvgIpc) is 1.77. The summed E-state index contributed by atoms with van der Waals surface area (Å²) < 4.78 is 0. The van der Waals surface area contributed by atoms with Crippen LogP contribution in [0.1, 0.15) is 6.92 Å². The van der Waals surface area contributed by atoms with E-state index < -0.39 is 11.6 Å². The van der Waals surface area contributed by atoms with E-state index in [1.54, 1.807) is 25.2 Å². The van der Waals surface area contributed by atoms with Crippen LogP contribution >= 0.6 is 0 Å². The van der Waals surface area contributed by atoms with Crippen molar-refractivity contribution < 1.29 is 5.11 Å². The second-order valence-electron chi connectivity index (χ2n) is 2.55. The Hall–Kier alpha value is -0.600. The first-order valence-corrected chi connectivity index (χ1v) is 2.96. The van der Waals surface area contributed by atoms with Crippen molar-refractivity contribution in [1.29, 1.82) is 0 Å². The second kappa shape index (κ2) is 1.97. The van der Waals surface area contributed by atoms with E-state index in [1.165, 1.54) is 0 Å². The predicted molar refractivity (Wildman–Crippen MR) is 36.9 cm³/mol. The Kier molecular flexibility index (Phi) is 1.43. The summed E-state index contributed by atoms with van der Waals surface area (Å²) in [6.45, 7) is 1.79. The minimum Gasteiger partial charge on any atom is -0.387 e. The molecule has 0 heterocycles. The molecule has 0 aliphatic heterocycles. The fourth-order valence-corrected chi connectivity index (χ4v) is 0.738. The summed E-state index contributed by atoms with van der Waals surface area (Å²) in [5, 5.41) is 9.17. The molecule has 9 heavy (non-hydrogen) atoms. The van der Waals surface area contributed by atoms with Crippen LogP contribution in [-0.4, -0.2) is 16.7 Å². The predicted octanol–water partition coefficient (Wildman–Crippen LogP) is 0.191. The van der Waals surface area contributed by atoms with Crippen LogP contribution in [0.25, 0.3) is 0 Å². The Morgan fingerprint density at radius 2 is 2.22 bits per heavy atom. The van der Waals surface area contributed by atoms with Crippen LogP contribution in [0.15, 0.2) is 24.3 Å². The molecule has 0 aromatic carbocycles. The van der Waals surface area contributed by atoms with Crippen LogP contribution in [0.3, 0.4) is 0 Å². The zero-order valence-corrected chi connectivity index (χ0v) is 5.41. The molecule has 2 nitrogen and oxygen atoms in total. The van der Waals surface area contributed by atoms with Crippen LogP contribution in [-0.2, 0) is 0 Å². The Bertz CT molecular complexity index is 158. The first kappa shape index (κ1) is 6.52. The van der Waals surface area contributed by atoms with Crippen molar-refractivity contribution >= 4 is 0 Å². The molecule has 0 aromatic heterocycles. The van der Waals surface area contributed by atoms with Crippen LogP contribution < -0.4 is 5.73 Å². The number of nitrogens with two attached hydrogens (primary N) is 1. The molecule has 0 saturated heterocycles. The van der Waals surface area contributed by atoms with Gasteiger partial charge in [0.15, 0.2) is 0 Å². The van der Waals surface area contributed by atoms with Crippen molar-refractivity contribution in [1.82, 2.24) is 0 Å². The molecule has 0 fully saturated rings. The summed E-state index contributed by atoms with van der Waals surface area (Å²) in [6.07, 6.45) is 6.56. The lowest BCUT2D eigenvalue weighted by Gasteiger charge is -2.26. The monoisotopic (exact) mass is 125 g/mol. The number of aliphatic hydroxyl groups excluding tert-OH is 1. The average molecular weight is 125 g/mol. The topological polar surface area (TPSA) is 46.2 Å². The number of aliphatic hydroxyl groups is 1. The van der Waals surface area contributed by atoms with E-state index in [0.717, 1.165) is 0 Å².